The van der Waals surface area contributed by atoms with Crippen LogP contribution in [0.2, 0.25) is 0 Å². The number of rotatable bonds is 3. The van der Waals surface area contributed by atoms with Gasteiger partial charge in [-0.25, -0.2) is 4.98 Å². The van der Waals surface area contributed by atoms with E-state index < -0.39 is 0 Å². The number of benzene rings is 1. The number of hydrogen-bond acceptors (Lipinski definition) is 3. The van der Waals surface area contributed by atoms with Crippen LogP contribution in [0, 0.1) is 0 Å². The summed E-state index contributed by atoms with van der Waals surface area (Å²) < 4.78 is 8.40. The van der Waals surface area contributed by atoms with Gasteiger partial charge in [0.1, 0.15) is 5.75 Å². The number of halogens is 1. The average Bonchev–Trinajstić information content (AvgIpc) is 3.08. The Kier molecular flexibility index (Phi) is 3.56. The lowest BCUT2D eigenvalue weighted by molar-refractivity contribution is 0.412. The molecule has 1 saturated heterocycles. The van der Waals surface area contributed by atoms with Crippen LogP contribution in [0.3, 0.4) is 0 Å². The van der Waals surface area contributed by atoms with Gasteiger partial charge in [0, 0.05) is 29.5 Å². The van der Waals surface area contributed by atoms with Crippen LogP contribution in [0.25, 0.3) is 5.69 Å². The second-order valence-corrected chi connectivity index (χ2v) is 6.31. The van der Waals surface area contributed by atoms with Gasteiger partial charge >= 0.3 is 0 Å². The third kappa shape index (κ3) is 2.25. The van der Waals surface area contributed by atoms with Crippen LogP contribution in [0.15, 0.2) is 35.2 Å². The summed E-state index contributed by atoms with van der Waals surface area (Å²) in [4.78, 5) is 4.35. The van der Waals surface area contributed by atoms with Gasteiger partial charge in [-0.05, 0) is 47.1 Å². The van der Waals surface area contributed by atoms with Crippen LogP contribution >= 0.6 is 15.9 Å². The fourth-order valence-corrected chi connectivity index (χ4v) is 3.32. The summed E-state index contributed by atoms with van der Waals surface area (Å²) in [5.74, 6) is 0.837. The number of ether oxygens (including phenoxy) is 1. The van der Waals surface area contributed by atoms with Gasteiger partial charge in [-0.1, -0.05) is 6.92 Å². The number of hydrogen-bond donors (Lipinski definition) is 1. The average molecular weight is 336 g/mol. The highest BCUT2D eigenvalue weighted by molar-refractivity contribution is 9.10. The van der Waals surface area contributed by atoms with E-state index in [1.165, 1.54) is 5.69 Å². The molecular weight excluding hydrogens is 318 g/mol. The minimum atomic E-state index is 0.142. The zero-order valence-electron chi connectivity index (χ0n) is 11.7. The highest BCUT2D eigenvalue weighted by atomic mass is 79.9. The maximum Gasteiger partial charge on any atom is 0.133 e. The van der Waals surface area contributed by atoms with Crippen molar-refractivity contribution in [1.29, 1.82) is 0 Å². The predicted octanol–water partition coefficient (Wildman–Crippen LogP) is 2.89. The molecule has 5 heteroatoms. The molecule has 1 atom stereocenters. The van der Waals surface area contributed by atoms with Crippen LogP contribution in [-0.2, 0) is 5.41 Å². The SMILES string of the molecule is COc1ccc(-n2cncc2C2(C)CCNC2)cc1Br. The van der Waals surface area contributed by atoms with Crippen molar-refractivity contribution in [2.24, 2.45) is 0 Å². The summed E-state index contributed by atoms with van der Waals surface area (Å²) in [7, 11) is 1.67. The van der Waals surface area contributed by atoms with Crippen molar-refractivity contribution in [3.05, 3.63) is 40.9 Å². The van der Waals surface area contributed by atoms with Gasteiger partial charge in [0.2, 0.25) is 0 Å². The molecule has 0 amide bonds. The largest absolute Gasteiger partial charge is 0.496 e. The summed E-state index contributed by atoms with van der Waals surface area (Å²) in [6.45, 7) is 4.35. The molecule has 3 rings (SSSR count). The van der Waals surface area contributed by atoms with Gasteiger partial charge in [-0.3, -0.25) is 0 Å². The summed E-state index contributed by atoms with van der Waals surface area (Å²) in [6, 6.07) is 6.09. The third-order valence-corrected chi connectivity index (χ3v) is 4.66. The Labute approximate surface area is 127 Å². The third-order valence-electron chi connectivity index (χ3n) is 4.04. The molecule has 0 saturated carbocycles. The van der Waals surface area contributed by atoms with Gasteiger partial charge in [0.15, 0.2) is 0 Å². The van der Waals surface area contributed by atoms with E-state index in [2.05, 4.69) is 49.9 Å². The highest BCUT2D eigenvalue weighted by Gasteiger charge is 2.33. The fraction of sp³-hybridized carbons (Fsp3) is 0.400. The first-order valence-electron chi connectivity index (χ1n) is 6.71. The van der Waals surface area contributed by atoms with E-state index in [4.69, 9.17) is 4.74 Å². The number of nitrogens with one attached hydrogen (secondary N) is 1. The number of aromatic nitrogens is 2. The van der Waals surface area contributed by atoms with Crippen LogP contribution in [-0.4, -0.2) is 29.8 Å². The first kappa shape index (κ1) is 13.6. The first-order chi connectivity index (χ1) is 9.64. The van der Waals surface area contributed by atoms with E-state index >= 15 is 0 Å². The maximum absolute atomic E-state index is 5.29. The van der Waals surface area contributed by atoms with Gasteiger partial charge in [0.25, 0.3) is 0 Å². The molecule has 20 heavy (non-hydrogen) atoms. The molecule has 1 aliphatic heterocycles. The van der Waals surface area contributed by atoms with Crippen molar-refractivity contribution >= 4 is 15.9 Å². The molecule has 1 fully saturated rings. The van der Waals surface area contributed by atoms with Crippen molar-refractivity contribution in [2.45, 2.75) is 18.8 Å². The second kappa shape index (κ2) is 5.22. The lowest BCUT2D eigenvalue weighted by atomic mass is 9.86. The molecule has 106 valence electrons. The molecule has 1 aliphatic rings. The Morgan fingerprint density at radius 1 is 1.45 bits per heavy atom. The molecule has 0 bridgehead atoms. The Morgan fingerprint density at radius 2 is 2.30 bits per heavy atom. The lowest BCUT2D eigenvalue weighted by Gasteiger charge is -2.24. The van der Waals surface area contributed by atoms with Gasteiger partial charge < -0.3 is 14.6 Å². The number of nitrogens with zero attached hydrogens (tertiary/aromatic N) is 2. The molecule has 0 aliphatic carbocycles. The van der Waals surface area contributed by atoms with Crippen molar-refractivity contribution in [1.82, 2.24) is 14.9 Å². The van der Waals surface area contributed by atoms with E-state index in [-0.39, 0.29) is 5.41 Å². The van der Waals surface area contributed by atoms with Crippen LogP contribution in [0.1, 0.15) is 19.0 Å². The van der Waals surface area contributed by atoms with E-state index in [9.17, 15) is 0 Å². The van der Waals surface area contributed by atoms with Crippen molar-refractivity contribution in [3.8, 4) is 11.4 Å². The van der Waals surface area contributed by atoms with E-state index in [0.29, 0.717) is 0 Å². The quantitative estimate of drug-likeness (QED) is 0.937. The Morgan fingerprint density at radius 3 is 2.95 bits per heavy atom. The lowest BCUT2D eigenvalue weighted by Crippen LogP contribution is -2.27. The standard InChI is InChI=1S/C15H18BrN3O/c1-15(5-6-17-9-15)14-8-18-10-19(14)11-3-4-13(20-2)12(16)7-11/h3-4,7-8,10,17H,5-6,9H2,1-2H3. The molecule has 2 heterocycles. The topological polar surface area (TPSA) is 39.1 Å². The zero-order chi connectivity index (χ0) is 14.2. The van der Waals surface area contributed by atoms with E-state index in [1.807, 2.05) is 18.6 Å². The summed E-state index contributed by atoms with van der Waals surface area (Å²) in [5, 5.41) is 3.44. The van der Waals surface area contributed by atoms with Crippen LogP contribution in [0.5, 0.6) is 5.75 Å². The summed E-state index contributed by atoms with van der Waals surface area (Å²) in [6.07, 6.45) is 4.99. The van der Waals surface area contributed by atoms with Crippen molar-refractivity contribution in [3.63, 3.8) is 0 Å². The minimum absolute atomic E-state index is 0.142. The molecule has 1 unspecified atom stereocenters. The summed E-state index contributed by atoms with van der Waals surface area (Å²) in [5.41, 5.74) is 2.49. The number of methoxy groups -OCH3 is 1. The van der Waals surface area contributed by atoms with Crippen LogP contribution in [0.4, 0.5) is 0 Å². The molecular formula is C15H18BrN3O. The molecule has 0 radical (unpaired) electrons. The molecule has 4 nitrogen and oxygen atoms in total. The molecule has 1 aromatic carbocycles. The van der Waals surface area contributed by atoms with E-state index in [0.717, 1.165) is 35.4 Å². The Hall–Kier alpha value is -1.33. The fourth-order valence-electron chi connectivity index (χ4n) is 2.79. The van der Waals surface area contributed by atoms with Crippen molar-refractivity contribution in [2.75, 3.05) is 20.2 Å². The second-order valence-electron chi connectivity index (χ2n) is 5.46. The maximum atomic E-state index is 5.29. The molecule has 0 spiro atoms. The van der Waals surface area contributed by atoms with Crippen molar-refractivity contribution < 1.29 is 4.74 Å². The first-order valence-corrected chi connectivity index (χ1v) is 7.51. The molecule has 1 aromatic heterocycles. The molecule has 1 N–H and O–H groups in total. The van der Waals surface area contributed by atoms with Crippen LogP contribution < -0.4 is 10.1 Å². The smallest absolute Gasteiger partial charge is 0.133 e. The molecule has 2 aromatic rings. The Balaban J connectivity index is 2.03. The van der Waals surface area contributed by atoms with Gasteiger partial charge in [0.05, 0.1) is 17.9 Å². The van der Waals surface area contributed by atoms with Gasteiger partial charge in [-0.15, -0.1) is 0 Å². The normalized spacial score (nSPS) is 22.1. The monoisotopic (exact) mass is 335 g/mol. The predicted molar refractivity (Wildman–Crippen MR) is 82.7 cm³/mol. The highest BCUT2D eigenvalue weighted by Crippen LogP contribution is 2.33. The summed E-state index contributed by atoms with van der Waals surface area (Å²) >= 11 is 3.54. The van der Waals surface area contributed by atoms with Gasteiger partial charge in [-0.2, -0.15) is 0 Å². The number of imidazole rings is 1. The zero-order valence-corrected chi connectivity index (χ0v) is 13.3. The van der Waals surface area contributed by atoms with E-state index in [1.54, 1.807) is 7.11 Å². The Bertz CT molecular complexity index is 617. The minimum Gasteiger partial charge on any atom is -0.496 e.